The SMILES string of the molecule is COc1ccc(OC)c(S(=O)(=O)N2CC(n3cc(C(=O)N4CCOCC4)nn3)C2)c1. The summed E-state index contributed by atoms with van der Waals surface area (Å²) in [5.74, 6) is 0.474. The Morgan fingerprint density at radius 2 is 1.90 bits per heavy atom. The summed E-state index contributed by atoms with van der Waals surface area (Å²) < 4.78 is 44.5. The van der Waals surface area contributed by atoms with Gasteiger partial charge in [-0.3, -0.25) is 4.79 Å². The number of hydrogen-bond donors (Lipinski definition) is 0. The summed E-state index contributed by atoms with van der Waals surface area (Å²) in [6.07, 6.45) is 1.57. The van der Waals surface area contributed by atoms with Crippen LogP contribution < -0.4 is 9.47 Å². The van der Waals surface area contributed by atoms with E-state index in [9.17, 15) is 13.2 Å². The van der Waals surface area contributed by atoms with Crippen LogP contribution in [0, 0.1) is 0 Å². The number of morpholine rings is 1. The van der Waals surface area contributed by atoms with Gasteiger partial charge in [-0.2, -0.15) is 4.31 Å². The molecule has 1 amide bonds. The molecule has 2 fully saturated rings. The third-order valence-corrected chi connectivity index (χ3v) is 7.07. The van der Waals surface area contributed by atoms with Gasteiger partial charge in [0.2, 0.25) is 10.0 Å². The Kier molecular flexibility index (Phi) is 5.62. The van der Waals surface area contributed by atoms with Crippen LogP contribution in [0.15, 0.2) is 29.3 Å². The minimum atomic E-state index is -3.77. The maximum Gasteiger partial charge on any atom is 0.276 e. The molecule has 2 saturated heterocycles. The summed E-state index contributed by atoms with van der Waals surface area (Å²) in [4.78, 5) is 14.2. The van der Waals surface area contributed by atoms with E-state index in [1.54, 1.807) is 27.9 Å². The van der Waals surface area contributed by atoms with Gasteiger partial charge in [-0.1, -0.05) is 5.21 Å². The van der Waals surface area contributed by atoms with Crippen molar-refractivity contribution in [2.75, 3.05) is 53.6 Å². The van der Waals surface area contributed by atoms with Crippen molar-refractivity contribution in [2.24, 2.45) is 0 Å². The fourth-order valence-corrected chi connectivity index (χ4v) is 5.07. The normalized spacial score (nSPS) is 18.1. The number of sulfonamides is 1. The zero-order valence-corrected chi connectivity index (χ0v) is 17.5. The van der Waals surface area contributed by atoms with Crippen molar-refractivity contribution < 1.29 is 27.4 Å². The van der Waals surface area contributed by atoms with E-state index >= 15 is 0 Å². The highest BCUT2D eigenvalue weighted by atomic mass is 32.2. The summed E-state index contributed by atoms with van der Waals surface area (Å²) in [5, 5.41) is 7.99. The van der Waals surface area contributed by atoms with Crippen LogP contribution >= 0.6 is 0 Å². The number of methoxy groups -OCH3 is 2. The van der Waals surface area contributed by atoms with Gasteiger partial charge < -0.3 is 19.1 Å². The molecule has 0 N–H and O–H groups in total. The molecule has 1 aromatic carbocycles. The van der Waals surface area contributed by atoms with E-state index in [4.69, 9.17) is 14.2 Å². The van der Waals surface area contributed by atoms with E-state index in [2.05, 4.69) is 10.3 Å². The molecule has 30 heavy (non-hydrogen) atoms. The highest BCUT2D eigenvalue weighted by Crippen LogP contribution is 2.34. The fourth-order valence-electron chi connectivity index (χ4n) is 3.39. The molecule has 11 nitrogen and oxygen atoms in total. The number of aromatic nitrogens is 3. The fraction of sp³-hybridized carbons (Fsp3) is 0.500. The number of hydrogen-bond acceptors (Lipinski definition) is 8. The smallest absolute Gasteiger partial charge is 0.276 e. The van der Waals surface area contributed by atoms with Crippen LogP contribution in [0.5, 0.6) is 11.5 Å². The maximum absolute atomic E-state index is 13.0. The van der Waals surface area contributed by atoms with Gasteiger partial charge in [-0.15, -0.1) is 5.10 Å². The highest BCUT2D eigenvalue weighted by Gasteiger charge is 2.40. The zero-order chi connectivity index (χ0) is 21.3. The monoisotopic (exact) mass is 437 g/mol. The minimum absolute atomic E-state index is 0.0459. The van der Waals surface area contributed by atoms with Crippen LogP contribution in [0.1, 0.15) is 16.5 Å². The van der Waals surface area contributed by atoms with Gasteiger partial charge in [0.25, 0.3) is 5.91 Å². The quantitative estimate of drug-likeness (QED) is 0.621. The van der Waals surface area contributed by atoms with Crippen molar-refractivity contribution in [1.82, 2.24) is 24.2 Å². The molecule has 1 aromatic heterocycles. The van der Waals surface area contributed by atoms with E-state index in [1.165, 1.54) is 24.6 Å². The number of benzene rings is 1. The van der Waals surface area contributed by atoms with E-state index < -0.39 is 10.0 Å². The second kappa shape index (κ2) is 8.20. The van der Waals surface area contributed by atoms with E-state index in [0.29, 0.717) is 32.1 Å². The Bertz CT molecular complexity index is 1030. The number of nitrogens with zero attached hydrogens (tertiary/aromatic N) is 5. The van der Waals surface area contributed by atoms with Crippen LogP contribution in [0.25, 0.3) is 0 Å². The molecular formula is C18H23N5O6S. The van der Waals surface area contributed by atoms with Crippen molar-refractivity contribution in [2.45, 2.75) is 10.9 Å². The molecule has 2 aliphatic rings. The summed E-state index contributed by atoms with van der Waals surface area (Å²) in [6.45, 7) is 2.48. The number of ether oxygens (including phenoxy) is 3. The van der Waals surface area contributed by atoms with E-state index in [0.717, 1.165) is 0 Å². The Morgan fingerprint density at radius 1 is 1.17 bits per heavy atom. The molecule has 2 aliphatic heterocycles. The van der Waals surface area contributed by atoms with Gasteiger partial charge in [0, 0.05) is 32.2 Å². The molecule has 4 rings (SSSR count). The number of rotatable bonds is 6. The number of amides is 1. The molecule has 0 aliphatic carbocycles. The molecule has 3 heterocycles. The summed E-state index contributed by atoms with van der Waals surface area (Å²) in [6, 6.07) is 4.44. The van der Waals surface area contributed by atoms with Crippen molar-refractivity contribution in [1.29, 1.82) is 0 Å². The third kappa shape index (κ3) is 3.73. The molecule has 0 spiro atoms. The van der Waals surface area contributed by atoms with Gasteiger partial charge in [-0.25, -0.2) is 13.1 Å². The van der Waals surface area contributed by atoms with Gasteiger partial charge in [0.15, 0.2) is 5.69 Å². The molecule has 162 valence electrons. The second-order valence-corrected chi connectivity index (χ2v) is 8.89. The predicted molar refractivity (Wildman–Crippen MR) is 104 cm³/mol. The first kappa shape index (κ1) is 20.6. The Balaban J connectivity index is 1.45. The van der Waals surface area contributed by atoms with Crippen molar-refractivity contribution in [3.05, 3.63) is 30.1 Å². The van der Waals surface area contributed by atoms with Gasteiger partial charge in [0.05, 0.1) is 39.7 Å². The molecule has 0 unspecified atom stereocenters. The largest absolute Gasteiger partial charge is 0.497 e. The Labute approximate surface area is 174 Å². The molecule has 2 aromatic rings. The lowest BCUT2D eigenvalue weighted by atomic mass is 10.2. The van der Waals surface area contributed by atoms with Crippen LogP contribution in [-0.2, 0) is 14.8 Å². The third-order valence-electron chi connectivity index (χ3n) is 5.22. The molecule has 12 heteroatoms. The summed E-state index contributed by atoms with van der Waals surface area (Å²) >= 11 is 0. The highest BCUT2D eigenvalue weighted by molar-refractivity contribution is 7.89. The predicted octanol–water partition coefficient (Wildman–Crippen LogP) is 0.0133. The first-order valence-electron chi connectivity index (χ1n) is 9.45. The summed E-state index contributed by atoms with van der Waals surface area (Å²) in [5.41, 5.74) is 0.243. The van der Waals surface area contributed by atoms with E-state index in [1.807, 2.05) is 0 Å². The van der Waals surface area contributed by atoms with Crippen LogP contribution in [-0.4, -0.2) is 92.1 Å². The number of carbonyl (C=O) groups excluding carboxylic acids is 1. The zero-order valence-electron chi connectivity index (χ0n) is 16.7. The minimum Gasteiger partial charge on any atom is -0.497 e. The topological polar surface area (TPSA) is 116 Å². The molecule has 0 saturated carbocycles. The van der Waals surface area contributed by atoms with Crippen molar-refractivity contribution in [3.63, 3.8) is 0 Å². The van der Waals surface area contributed by atoms with Gasteiger partial charge in [-0.05, 0) is 12.1 Å². The van der Waals surface area contributed by atoms with Crippen molar-refractivity contribution in [3.8, 4) is 11.5 Å². The first-order valence-corrected chi connectivity index (χ1v) is 10.9. The van der Waals surface area contributed by atoms with Crippen LogP contribution in [0.3, 0.4) is 0 Å². The lowest BCUT2D eigenvalue weighted by Gasteiger charge is -2.37. The van der Waals surface area contributed by atoms with Gasteiger partial charge >= 0.3 is 0 Å². The lowest BCUT2D eigenvalue weighted by molar-refractivity contribution is 0.0299. The average molecular weight is 437 g/mol. The average Bonchev–Trinajstić information content (AvgIpc) is 3.21. The molecule has 0 atom stereocenters. The van der Waals surface area contributed by atoms with Gasteiger partial charge in [0.1, 0.15) is 16.4 Å². The standard InChI is InChI=1S/C18H23N5O6S/c1-27-14-3-4-16(28-2)17(9-14)30(25,26)22-10-13(11-22)23-12-15(19-20-23)18(24)21-5-7-29-8-6-21/h3-4,9,12-13H,5-8,10-11H2,1-2H3. The maximum atomic E-state index is 13.0. The Hall–Kier alpha value is -2.70. The number of carbonyl (C=O) groups is 1. The van der Waals surface area contributed by atoms with E-state index in [-0.39, 0.29) is 41.4 Å². The van der Waals surface area contributed by atoms with Crippen LogP contribution in [0.2, 0.25) is 0 Å². The molecule has 0 radical (unpaired) electrons. The van der Waals surface area contributed by atoms with Crippen molar-refractivity contribution >= 4 is 15.9 Å². The summed E-state index contributed by atoms with van der Waals surface area (Å²) in [7, 11) is -0.878. The van der Waals surface area contributed by atoms with Crippen LogP contribution in [0.4, 0.5) is 0 Å². The first-order chi connectivity index (χ1) is 14.4. The second-order valence-electron chi connectivity index (χ2n) is 6.98. The molecular weight excluding hydrogens is 414 g/mol. The lowest BCUT2D eigenvalue weighted by Crippen LogP contribution is -2.50. The molecule has 0 bridgehead atoms. The Morgan fingerprint density at radius 3 is 2.57 bits per heavy atom.